The lowest BCUT2D eigenvalue weighted by Gasteiger charge is -2.40. The quantitative estimate of drug-likeness (QED) is 0.850. The zero-order valence-corrected chi connectivity index (χ0v) is 13.0. The second-order valence-electron chi connectivity index (χ2n) is 6.37. The van der Waals surface area contributed by atoms with Gasteiger partial charge in [-0.2, -0.15) is 0 Å². The predicted octanol–water partition coefficient (Wildman–Crippen LogP) is 1.66. The van der Waals surface area contributed by atoms with Gasteiger partial charge in [0.1, 0.15) is 11.5 Å². The molecule has 0 radical (unpaired) electrons. The van der Waals surface area contributed by atoms with Crippen LogP contribution in [0.4, 0.5) is 0 Å². The molecule has 1 aromatic heterocycles. The lowest BCUT2D eigenvalue weighted by molar-refractivity contribution is -0.137. The van der Waals surface area contributed by atoms with Crippen LogP contribution in [0.25, 0.3) is 0 Å². The molecule has 0 saturated carbocycles. The molecule has 5 nitrogen and oxygen atoms in total. The van der Waals surface area contributed by atoms with Crippen LogP contribution in [0.15, 0.2) is 16.5 Å². The molecule has 2 aliphatic rings. The molecular weight excluding hydrogens is 268 g/mol. The highest BCUT2D eigenvalue weighted by Gasteiger charge is 2.42. The van der Waals surface area contributed by atoms with E-state index in [-0.39, 0.29) is 17.9 Å². The minimum Gasteiger partial charge on any atom is -0.465 e. The van der Waals surface area contributed by atoms with Crippen molar-refractivity contribution < 1.29 is 13.9 Å². The smallest absolute Gasteiger partial charge is 0.226 e. The summed E-state index contributed by atoms with van der Waals surface area (Å²) in [6.07, 6.45) is 2.08. The van der Waals surface area contributed by atoms with E-state index in [1.165, 1.54) is 0 Å². The number of fused-ring (bicyclic) bond motifs is 1. The van der Waals surface area contributed by atoms with E-state index in [1.54, 1.807) is 4.90 Å². The third kappa shape index (κ3) is 2.99. The summed E-state index contributed by atoms with van der Waals surface area (Å²) < 4.78 is 11.5. The van der Waals surface area contributed by atoms with Crippen LogP contribution in [0.5, 0.6) is 0 Å². The minimum atomic E-state index is 0.0235. The summed E-state index contributed by atoms with van der Waals surface area (Å²) in [5.41, 5.74) is 0. The van der Waals surface area contributed by atoms with Crippen LogP contribution in [0, 0.1) is 12.8 Å². The van der Waals surface area contributed by atoms with Crippen LogP contribution < -0.4 is 0 Å². The van der Waals surface area contributed by atoms with E-state index in [0.29, 0.717) is 6.04 Å². The van der Waals surface area contributed by atoms with Gasteiger partial charge < -0.3 is 14.1 Å². The number of amides is 1. The lowest BCUT2D eigenvalue weighted by Crippen LogP contribution is -2.52. The van der Waals surface area contributed by atoms with Crippen LogP contribution in [0.1, 0.15) is 24.4 Å². The van der Waals surface area contributed by atoms with Crippen molar-refractivity contribution >= 4 is 5.91 Å². The number of rotatable bonds is 3. The third-order valence-electron chi connectivity index (χ3n) is 4.56. The molecule has 1 amide bonds. The molecule has 2 fully saturated rings. The standard InChI is InChI=1S/C16H24N2O3/c1-11-4-5-13(21-11)10-18-9-12(16(19)17(2)3)8-15-14(18)6-7-20-15/h4-5,12,14-15H,6-10H2,1-3H3/t12-,14+,15+/m1/s1. The molecule has 0 unspecified atom stereocenters. The minimum absolute atomic E-state index is 0.0235. The summed E-state index contributed by atoms with van der Waals surface area (Å²) in [4.78, 5) is 16.4. The monoisotopic (exact) mass is 292 g/mol. The zero-order valence-electron chi connectivity index (χ0n) is 13.0. The Hall–Kier alpha value is -1.33. The van der Waals surface area contributed by atoms with Crippen molar-refractivity contribution in [2.75, 3.05) is 27.2 Å². The Morgan fingerprint density at radius 3 is 2.90 bits per heavy atom. The molecule has 3 atom stereocenters. The number of furan rings is 1. The van der Waals surface area contributed by atoms with Crippen molar-refractivity contribution in [3.8, 4) is 0 Å². The largest absolute Gasteiger partial charge is 0.465 e. The fraction of sp³-hybridized carbons (Fsp3) is 0.688. The van der Waals surface area contributed by atoms with Gasteiger partial charge in [0.05, 0.1) is 18.6 Å². The highest BCUT2D eigenvalue weighted by Crippen LogP contribution is 2.33. The molecule has 0 aliphatic carbocycles. The average molecular weight is 292 g/mol. The zero-order chi connectivity index (χ0) is 15.0. The number of piperidine rings is 1. The maximum atomic E-state index is 12.3. The van der Waals surface area contributed by atoms with Gasteiger partial charge in [0.25, 0.3) is 0 Å². The average Bonchev–Trinajstić information content (AvgIpc) is 3.06. The Bertz CT molecular complexity index is 511. The lowest BCUT2D eigenvalue weighted by atomic mass is 9.89. The summed E-state index contributed by atoms with van der Waals surface area (Å²) in [7, 11) is 3.65. The Labute approximate surface area is 125 Å². The Kier molecular flexibility index (Phi) is 4.04. The Morgan fingerprint density at radius 1 is 1.43 bits per heavy atom. The van der Waals surface area contributed by atoms with Crippen molar-refractivity contribution in [1.82, 2.24) is 9.80 Å². The van der Waals surface area contributed by atoms with E-state index in [1.807, 2.05) is 33.2 Å². The van der Waals surface area contributed by atoms with Gasteiger partial charge in [-0.1, -0.05) is 0 Å². The molecule has 0 N–H and O–H groups in total. The van der Waals surface area contributed by atoms with E-state index in [4.69, 9.17) is 9.15 Å². The number of hydrogen-bond acceptors (Lipinski definition) is 4. The summed E-state index contributed by atoms with van der Waals surface area (Å²) >= 11 is 0. The van der Waals surface area contributed by atoms with Gasteiger partial charge in [0, 0.05) is 33.3 Å². The highest BCUT2D eigenvalue weighted by molar-refractivity contribution is 5.78. The van der Waals surface area contributed by atoms with Crippen LogP contribution in [0.3, 0.4) is 0 Å². The molecule has 21 heavy (non-hydrogen) atoms. The molecule has 2 saturated heterocycles. The Balaban J connectivity index is 1.74. The SMILES string of the molecule is Cc1ccc(CN2C[C@H](C(=O)N(C)C)C[C@@H]3OCC[C@@H]32)o1. The maximum Gasteiger partial charge on any atom is 0.226 e. The topological polar surface area (TPSA) is 45.9 Å². The van der Waals surface area contributed by atoms with Crippen molar-refractivity contribution in [2.45, 2.75) is 38.5 Å². The summed E-state index contributed by atoms with van der Waals surface area (Å²) in [5, 5.41) is 0. The van der Waals surface area contributed by atoms with Crippen LogP contribution in [0.2, 0.25) is 0 Å². The molecular formula is C16H24N2O3. The number of carbonyl (C=O) groups excluding carboxylic acids is 1. The van der Waals surface area contributed by atoms with Crippen molar-refractivity contribution in [3.63, 3.8) is 0 Å². The van der Waals surface area contributed by atoms with Gasteiger partial charge in [-0.3, -0.25) is 9.69 Å². The first-order chi connectivity index (χ1) is 10.0. The van der Waals surface area contributed by atoms with Crippen LogP contribution in [-0.2, 0) is 16.1 Å². The first-order valence-electron chi connectivity index (χ1n) is 7.66. The fourth-order valence-electron chi connectivity index (χ4n) is 3.55. The number of likely N-dealkylation sites (tertiary alicyclic amines) is 1. The number of nitrogens with zero attached hydrogens (tertiary/aromatic N) is 2. The van der Waals surface area contributed by atoms with Gasteiger partial charge in [-0.05, 0) is 31.9 Å². The predicted molar refractivity (Wildman–Crippen MR) is 78.8 cm³/mol. The second-order valence-corrected chi connectivity index (χ2v) is 6.37. The van der Waals surface area contributed by atoms with E-state index in [9.17, 15) is 4.79 Å². The summed E-state index contributed by atoms with van der Waals surface area (Å²) in [5.74, 6) is 2.12. The molecule has 3 rings (SSSR count). The van der Waals surface area contributed by atoms with Crippen LogP contribution in [-0.4, -0.2) is 55.1 Å². The van der Waals surface area contributed by atoms with Crippen molar-refractivity contribution in [1.29, 1.82) is 0 Å². The number of aryl methyl sites for hydroxylation is 1. The van der Waals surface area contributed by atoms with E-state index in [2.05, 4.69) is 4.90 Å². The van der Waals surface area contributed by atoms with Crippen molar-refractivity contribution in [3.05, 3.63) is 23.7 Å². The summed E-state index contributed by atoms with van der Waals surface area (Å²) in [6, 6.07) is 4.43. The van der Waals surface area contributed by atoms with Crippen molar-refractivity contribution in [2.24, 2.45) is 5.92 Å². The first kappa shape index (κ1) is 14.6. The fourth-order valence-corrected chi connectivity index (χ4v) is 3.55. The molecule has 0 spiro atoms. The number of ether oxygens (including phenoxy) is 1. The first-order valence-corrected chi connectivity index (χ1v) is 7.66. The molecule has 116 valence electrons. The molecule has 1 aromatic rings. The van der Waals surface area contributed by atoms with Gasteiger partial charge in [-0.15, -0.1) is 0 Å². The third-order valence-corrected chi connectivity index (χ3v) is 4.56. The Morgan fingerprint density at radius 2 is 2.24 bits per heavy atom. The number of hydrogen-bond donors (Lipinski definition) is 0. The van der Waals surface area contributed by atoms with Gasteiger partial charge in [0.15, 0.2) is 0 Å². The van der Waals surface area contributed by atoms with Gasteiger partial charge >= 0.3 is 0 Å². The second kappa shape index (κ2) is 5.81. The maximum absolute atomic E-state index is 12.3. The molecule has 0 bridgehead atoms. The van der Waals surface area contributed by atoms with E-state index in [0.717, 1.165) is 44.1 Å². The molecule has 2 aliphatic heterocycles. The van der Waals surface area contributed by atoms with Crippen LogP contribution >= 0.6 is 0 Å². The molecule has 5 heteroatoms. The highest BCUT2D eigenvalue weighted by atomic mass is 16.5. The van der Waals surface area contributed by atoms with Gasteiger partial charge in [-0.25, -0.2) is 0 Å². The van der Waals surface area contributed by atoms with Gasteiger partial charge in [0.2, 0.25) is 5.91 Å². The summed E-state index contributed by atoms with van der Waals surface area (Å²) in [6.45, 7) is 4.31. The molecule has 3 heterocycles. The van der Waals surface area contributed by atoms with E-state index < -0.39 is 0 Å². The molecule has 0 aromatic carbocycles. The number of carbonyl (C=O) groups is 1. The van der Waals surface area contributed by atoms with E-state index >= 15 is 0 Å². The normalized spacial score (nSPS) is 29.4.